The van der Waals surface area contributed by atoms with Crippen LogP contribution in [0.1, 0.15) is 43.6 Å². The number of halogens is 1. The van der Waals surface area contributed by atoms with Gasteiger partial charge in [-0.3, -0.25) is 14.9 Å². The van der Waals surface area contributed by atoms with E-state index in [0.29, 0.717) is 108 Å². The third-order valence-electron chi connectivity index (χ3n) is 16.2. The number of aryl methyl sites for hydroxylation is 1. The summed E-state index contributed by atoms with van der Waals surface area (Å²) in [5.41, 5.74) is 32.2. The molecule has 41 heteroatoms. The van der Waals surface area contributed by atoms with Gasteiger partial charge in [-0.05, 0) is 130 Å². The number of nitrogens with zero attached hydrogens (tertiary/aromatic N) is 16. The molecule has 0 unspecified atom stereocenters. The summed E-state index contributed by atoms with van der Waals surface area (Å²) in [6, 6.07) is 49.1. The van der Waals surface area contributed by atoms with E-state index in [4.69, 9.17) is 51.4 Å². The molecule has 8 heterocycles. The van der Waals surface area contributed by atoms with Crippen molar-refractivity contribution in [1.82, 2.24) is 84.3 Å². The number of nitrogen functional groups attached to an aromatic ring is 4. The SMILES string of the molecule is CC(=O)Nc1ccc(Nc2nc(N)n(-c3nc4ccccc4s3)n2)cc1C.CC(C)(C)OC(=O)Nc1cccc(Nc2nc(N)n(-c3nc4ccccc4s3)n2)c1.COCCNC(=O)c1ccc(Nc2nc(N)n(-c3nc4ccccc4s3)n2)cc1OC.COc1cc(Nc2nc(N)n(-c3nc4cc(F)ccc4s3)n2)cc(OC)c1OC. The van der Waals surface area contributed by atoms with Crippen molar-refractivity contribution < 1.29 is 47.2 Å². The minimum Gasteiger partial charge on any atom is -0.496 e. The maximum atomic E-state index is 13.4. The lowest BCUT2D eigenvalue weighted by Crippen LogP contribution is -2.27. The van der Waals surface area contributed by atoms with Gasteiger partial charge in [0.05, 0.1) is 81.5 Å². The fourth-order valence-electron chi connectivity index (χ4n) is 11.1. The predicted molar refractivity (Wildman–Crippen MR) is 454 cm³/mol. The first-order chi connectivity index (χ1) is 56.4. The van der Waals surface area contributed by atoms with Crippen LogP contribution in [0.15, 0.2) is 164 Å². The lowest BCUT2D eigenvalue weighted by atomic mass is 10.1. The molecule has 16 rings (SSSR count). The Morgan fingerprint density at radius 2 is 0.863 bits per heavy atom. The van der Waals surface area contributed by atoms with Crippen LogP contribution in [0, 0.1) is 12.7 Å². The van der Waals surface area contributed by atoms with Crippen molar-refractivity contribution >= 4 is 186 Å². The van der Waals surface area contributed by atoms with Gasteiger partial charge < -0.3 is 83.3 Å². The van der Waals surface area contributed by atoms with Crippen LogP contribution < -0.4 is 79.1 Å². The molecule has 0 aliphatic carbocycles. The summed E-state index contributed by atoms with van der Waals surface area (Å²) >= 11 is 5.77. The van der Waals surface area contributed by atoms with Gasteiger partial charge in [0.25, 0.3) is 5.91 Å². The molecule has 15 N–H and O–H groups in total. The van der Waals surface area contributed by atoms with E-state index in [1.54, 1.807) is 61.7 Å². The van der Waals surface area contributed by atoms with Crippen LogP contribution in [0.3, 0.4) is 0 Å². The quantitative estimate of drug-likeness (QED) is 0.0281. The maximum absolute atomic E-state index is 13.4. The zero-order valence-corrected chi connectivity index (χ0v) is 67.4. The Morgan fingerprint density at radius 3 is 1.30 bits per heavy atom. The summed E-state index contributed by atoms with van der Waals surface area (Å²) in [7, 11) is 7.67. The lowest BCUT2D eigenvalue weighted by molar-refractivity contribution is -0.114. The topological polar surface area (TPSA) is 469 Å². The summed E-state index contributed by atoms with van der Waals surface area (Å²) in [5, 5.41) is 40.6. The van der Waals surface area contributed by atoms with Crippen LogP contribution in [0.5, 0.6) is 23.0 Å². The van der Waals surface area contributed by atoms with E-state index in [2.05, 4.69) is 97.5 Å². The monoisotopic (exact) mass is 1660 g/mol. The molecule has 0 aliphatic heterocycles. The normalized spacial score (nSPS) is 11.0. The van der Waals surface area contributed by atoms with Crippen molar-refractivity contribution in [2.75, 3.05) is 104 Å². The Kier molecular flexibility index (Phi) is 24.6. The molecule has 0 saturated heterocycles. The number of amides is 3. The number of hydrogen-bond acceptors (Lipinski definition) is 33. The fourth-order valence-corrected chi connectivity index (χ4v) is 14.7. The molecule has 600 valence electrons. The van der Waals surface area contributed by atoms with E-state index >= 15 is 0 Å². The molecule has 117 heavy (non-hydrogen) atoms. The molecule has 0 radical (unpaired) electrons. The van der Waals surface area contributed by atoms with Gasteiger partial charge in [-0.1, -0.05) is 87.8 Å². The van der Waals surface area contributed by atoms with Gasteiger partial charge in [-0.25, -0.2) is 29.1 Å². The van der Waals surface area contributed by atoms with Crippen LogP contribution in [0.2, 0.25) is 0 Å². The largest absolute Gasteiger partial charge is 0.496 e. The zero-order valence-electron chi connectivity index (χ0n) is 64.2. The Bertz CT molecular complexity index is 6140. The van der Waals surface area contributed by atoms with Crippen molar-refractivity contribution in [3.63, 3.8) is 0 Å². The molecule has 8 aromatic heterocycles. The van der Waals surface area contributed by atoms with Gasteiger partial charge in [-0.15, -0.1) is 20.4 Å². The second kappa shape index (κ2) is 35.7. The van der Waals surface area contributed by atoms with Crippen molar-refractivity contribution in [3.05, 3.63) is 181 Å². The first-order valence-corrected chi connectivity index (χ1v) is 38.5. The Balaban J connectivity index is 0.000000136. The number of thiazole rings is 4. The third kappa shape index (κ3) is 19.8. The summed E-state index contributed by atoms with van der Waals surface area (Å²) in [6.07, 6.45) is -0.526. The number of methoxy groups -OCH3 is 5. The van der Waals surface area contributed by atoms with Gasteiger partial charge in [0.1, 0.15) is 17.2 Å². The van der Waals surface area contributed by atoms with E-state index in [1.807, 2.05) is 125 Å². The minimum atomic E-state index is -0.575. The van der Waals surface area contributed by atoms with E-state index in [0.717, 1.165) is 52.3 Å². The molecule has 16 aromatic rings. The van der Waals surface area contributed by atoms with Gasteiger partial charge in [0, 0.05) is 79.0 Å². The second-order valence-corrected chi connectivity index (χ2v) is 29.9. The summed E-state index contributed by atoms with van der Waals surface area (Å²) in [4.78, 5) is 70.6. The van der Waals surface area contributed by atoms with Crippen LogP contribution in [-0.4, -0.2) is 151 Å². The lowest BCUT2D eigenvalue weighted by Gasteiger charge is -2.19. The summed E-state index contributed by atoms with van der Waals surface area (Å²) < 4.78 is 54.8. The Morgan fingerprint density at radius 1 is 0.444 bits per heavy atom. The number of benzene rings is 8. The molecule has 36 nitrogen and oxygen atoms in total. The standard InChI is InChI=1S/C20H21N7O3S.C20H21N7O2S.C18H17FN6O3S.C18H17N7OS/c1-29-10-9-22-17(28)13-8-7-12(11-15(13)30-2)23-19-25-18(21)27(26-19)20-24-14-5-3-4-6-16(14)31-20;1-20(2,3)29-19(28)23-13-8-6-7-12(11-13)22-17-25-16(21)27(26-17)18-24-14-9-4-5-10-15(14)30-18;1-26-12-7-10(8-13(27-2)15(12)28-3)21-17-23-16(20)25(24-17)18-22-11-6-9(19)4-5-14(11)29-18;1-10-9-12(7-8-13(10)20-11(2)26)21-17-23-16(19)25(24-17)18-22-14-5-3-4-6-15(14)27-18/h3-8,11H,9-10H2,1-2H3,(H,22,28)(H3,21,23,25,26);4-11H,1-3H3,(H,23,28)(H3,21,22,25,26);4-8H,1-3H3,(H3,20,21,23,24);3-9H,1-2H3,(H,20,26)(H3,19,21,23,24). The molecule has 0 saturated carbocycles. The first-order valence-electron chi connectivity index (χ1n) is 35.2. The number of ether oxygens (including phenoxy) is 6. The van der Waals surface area contributed by atoms with Crippen LogP contribution in [0.25, 0.3) is 61.4 Å². The number of anilines is 14. The molecule has 0 spiro atoms. The molecular weight excluding hydrogens is 1580 g/mol. The number of para-hydroxylation sites is 3. The summed E-state index contributed by atoms with van der Waals surface area (Å²) in [5.74, 6) is 3.21. The molecular formula is C76H76FN27O9S4. The number of carbonyl (C=O) groups excluding carboxylic acids is 3. The van der Waals surface area contributed by atoms with Crippen molar-refractivity contribution in [3.8, 4) is 43.5 Å². The van der Waals surface area contributed by atoms with Gasteiger partial charge >= 0.3 is 6.09 Å². The number of hydrogen-bond donors (Lipinski definition) is 11. The first kappa shape index (κ1) is 80.6. The Hall–Kier alpha value is -14.4. The number of carbonyl (C=O) groups is 3. The predicted octanol–water partition coefficient (Wildman–Crippen LogP) is 14.0. The highest BCUT2D eigenvalue weighted by molar-refractivity contribution is 7.21. The van der Waals surface area contributed by atoms with Crippen molar-refractivity contribution in [1.29, 1.82) is 0 Å². The number of rotatable bonds is 22. The second-order valence-electron chi connectivity index (χ2n) is 25.8. The minimum absolute atomic E-state index is 0.108. The highest BCUT2D eigenvalue weighted by atomic mass is 32.1. The highest BCUT2D eigenvalue weighted by Crippen LogP contribution is 2.41. The Labute approximate surface area is 681 Å². The van der Waals surface area contributed by atoms with Crippen LogP contribution in [0.4, 0.5) is 90.9 Å². The zero-order chi connectivity index (χ0) is 82.6. The van der Waals surface area contributed by atoms with Crippen LogP contribution >= 0.6 is 45.3 Å². The smallest absolute Gasteiger partial charge is 0.412 e. The van der Waals surface area contributed by atoms with E-state index < -0.39 is 11.7 Å². The van der Waals surface area contributed by atoms with Gasteiger partial charge in [-0.2, -0.15) is 38.7 Å². The summed E-state index contributed by atoms with van der Waals surface area (Å²) in [6.45, 7) is 9.65. The molecule has 0 atom stereocenters. The maximum Gasteiger partial charge on any atom is 0.412 e. The van der Waals surface area contributed by atoms with Gasteiger partial charge in [0.2, 0.25) is 79.8 Å². The molecule has 0 aliphatic rings. The van der Waals surface area contributed by atoms with Crippen molar-refractivity contribution in [2.24, 2.45) is 0 Å². The fraction of sp³-hybridized carbons (Fsp3) is 0.171. The average molecular weight is 1660 g/mol. The highest BCUT2D eigenvalue weighted by Gasteiger charge is 2.23. The van der Waals surface area contributed by atoms with Crippen molar-refractivity contribution in [2.45, 2.75) is 40.2 Å². The molecule has 0 fully saturated rings. The molecule has 3 amide bonds. The molecule has 8 aromatic carbocycles. The van der Waals surface area contributed by atoms with E-state index in [-0.39, 0.29) is 47.4 Å². The molecule has 0 bridgehead atoms. The average Bonchev–Trinajstić information content (AvgIpc) is 1.67. The number of nitrogens with one attached hydrogen (secondary N) is 7. The third-order valence-corrected chi connectivity index (χ3v) is 20.3. The van der Waals surface area contributed by atoms with E-state index in [1.165, 1.54) is 112 Å². The number of nitrogens with two attached hydrogens (primary N) is 4. The van der Waals surface area contributed by atoms with E-state index in [9.17, 15) is 18.8 Å². The van der Waals surface area contributed by atoms with Gasteiger partial charge in [0.15, 0.2) is 11.5 Å². The number of aromatic nitrogens is 16. The van der Waals surface area contributed by atoms with Crippen LogP contribution in [-0.2, 0) is 14.3 Å². The number of fused-ring (bicyclic) bond motifs is 4.